The largest absolute Gasteiger partial charge is 0.438 e. The Morgan fingerprint density at radius 2 is 2.05 bits per heavy atom. The molecule has 3 fully saturated rings. The third kappa shape index (κ3) is 1.81. The maximum absolute atomic E-state index is 11.9. The van der Waals surface area contributed by atoms with Gasteiger partial charge in [0.2, 0.25) is 0 Å². The Morgan fingerprint density at radius 3 is 2.75 bits per heavy atom. The molecule has 0 radical (unpaired) electrons. The second-order valence-electron chi connectivity index (χ2n) is 5.97. The minimum atomic E-state index is -0.271. The molecule has 3 aliphatic heterocycles. The molecular weight excluding hydrogens is 254 g/mol. The number of rotatable bonds is 2. The maximum Gasteiger partial charge on any atom is 0.410 e. The molecule has 5 heteroatoms. The van der Waals surface area contributed by atoms with Crippen molar-refractivity contribution in [3.8, 4) is 0 Å². The number of ether oxygens (including phenoxy) is 1. The van der Waals surface area contributed by atoms with Gasteiger partial charge in [-0.05, 0) is 5.56 Å². The lowest BCUT2D eigenvalue weighted by Gasteiger charge is -2.46. The Morgan fingerprint density at radius 1 is 1.25 bits per heavy atom. The topological polar surface area (TPSA) is 44.8 Å². The molecule has 0 aromatic heterocycles. The summed E-state index contributed by atoms with van der Waals surface area (Å²) in [5, 5.41) is 3.24. The molecule has 0 aliphatic carbocycles. The summed E-state index contributed by atoms with van der Waals surface area (Å²) in [6.45, 7) is 5.13. The van der Waals surface area contributed by atoms with Crippen LogP contribution in [0.1, 0.15) is 5.56 Å². The van der Waals surface area contributed by atoms with Gasteiger partial charge in [-0.1, -0.05) is 30.3 Å². The van der Waals surface area contributed by atoms with E-state index in [9.17, 15) is 4.79 Å². The molecular formula is C15H19N3O2. The number of carbonyl (C=O) groups excluding carboxylic acids is 1. The van der Waals surface area contributed by atoms with Crippen molar-refractivity contribution in [2.45, 2.75) is 18.2 Å². The lowest BCUT2D eigenvalue weighted by Crippen LogP contribution is -2.69. The number of nitrogens with one attached hydrogen (secondary N) is 1. The first kappa shape index (κ1) is 12.2. The van der Waals surface area contributed by atoms with Crippen LogP contribution in [0.4, 0.5) is 4.79 Å². The molecule has 106 valence electrons. The molecule has 0 saturated carbocycles. The maximum atomic E-state index is 11.9. The lowest BCUT2D eigenvalue weighted by atomic mass is 9.86. The van der Waals surface area contributed by atoms with Crippen molar-refractivity contribution >= 4 is 6.09 Å². The van der Waals surface area contributed by atoms with Crippen molar-refractivity contribution in [1.29, 1.82) is 0 Å². The number of nitrogens with zero attached hydrogens (tertiary/aromatic N) is 2. The second kappa shape index (κ2) is 4.46. The van der Waals surface area contributed by atoms with E-state index < -0.39 is 0 Å². The monoisotopic (exact) mass is 273 g/mol. The molecule has 1 aromatic carbocycles. The van der Waals surface area contributed by atoms with Crippen LogP contribution in [-0.2, 0) is 11.3 Å². The van der Waals surface area contributed by atoms with E-state index >= 15 is 0 Å². The summed E-state index contributed by atoms with van der Waals surface area (Å²) in [5.74, 6) is 0. The molecule has 3 aliphatic rings. The molecule has 1 unspecified atom stereocenters. The van der Waals surface area contributed by atoms with Gasteiger partial charge in [0, 0.05) is 39.3 Å². The first-order valence-corrected chi connectivity index (χ1v) is 7.23. The summed E-state index contributed by atoms with van der Waals surface area (Å²) in [6, 6.07) is 10.7. The minimum Gasteiger partial charge on any atom is -0.438 e. The lowest BCUT2D eigenvalue weighted by molar-refractivity contribution is -0.0271. The highest BCUT2D eigenvalue weighted by molar-refractivity contribution is 5.72. The molecule has 3 heterocycles. The molecule has 1 aromatic rings. The average molecular weight is 273 g/mol. The van der Waals surface area contributed by atoms with E-state index in [0.29, 0.717) is 0 Å². The third-order valence-electron chi connectivity index (χ3n) is 4.69. The number of hydrogen-bond donors (Lipinski definition) is 1. The SMILES string of the molecule is O=C1OC2(CNC2)C2CN(Cc3ccccc3)CCN12. The highest BCUT2D eigenvalue weighted by Gasteiger charge is 2.58. The highest BCUT2D eigenvalue weighted by Crippen LogP contribution is 2.35. The molecule has 0 bridgehead atoms. The van der Waals surface area contributed by atoms with Crippen molar-refractivity contribution in [2.75, 3.05) is 32.7 Å². The fourth-order valence-corrected chi connectivity index (χ4v) is 3.47. The third-order valence-corrected chi connectivity index (χ3v) is 4.69. The molecule has 1 atom stereocenters. The van der Waals surface area contributed by atoms with Crippen LogP contribution in [0.5, 0.6) is 0 Å². The van der Waals surface area contributed by atoms with Crippen LogP contribution in [0.3, 0.4) is 0 Å². The van der Waals surface area contributed by atoms with Crippen molar-refractivity contribution in [1.82, 2.24) is 15.1 Å². The molecule has 20 heavy (non-hydrogen) atoms. The standard InChI is InChI=1S/C15H19N3O2/c19-14-18-7-6-17(8-12-4-2-1-3-5-12)9-13(18)15(20-14)10-16-11-15/h1-5,13,16H,6-11H2. The summed E-state index contributed by atoms with van der Waals surface area (Å²) in [6.07, 6.45) is -0.129. The van der Waals surface area contributed by atoms with E-state index in [0.717, 1.165) is 39.3 Å². The van der Waals surface area contributed by atoms with Gasteiger partial charge in [0.1, 0.15) is 0 Å². The quantitative estimate of drug-likeness (QED) is 0.860. The van der Waals surface area contributed by atoms with Gasteiger partial charge in [0.05, 0.1) is 6.04 Å². The van der Waals surface area contributed by atoms with Crippen LogP contribution in [-0.4, -0.2) is 60.3 Å². The van der Waals surface area contributed by atoms with E-state index in [1.807, 2.05) is 11.0 Å². The van der Waals surface area contributed by atoms with Gasteiger partial charge in [-0.2, -0.15) is 0 Å². The summed E-state index contributed by atoms with van der Waals surface area (Å²) in [4.78, 5) is 16.3. The van der Waals surface area contributed by atoms with E-state index in [-0.39, 0.29) is 17.7 Å². The first-order chi connectivity index (χ1) is 9.77. The van der Waals surface area contributed by atoms with Gasteiger partial charge in [-0.15, -0.1) is 0 Å². The van der Waals surface area contributed by atoms with Gasteiger partial charge in [-0.3, -0.25) is 9.80 Å². The van der Waals surface area contributed by atoms with Gasteiger partial charge in [-0.25, -0.2) is 4.79 Å². The number of amides is 1. The van der Waals surface area contributed by atoms with Crippen LogP contribution < -0.4 is 5.32 Å². The highest BCUT2D eigenvalue weighted by atomic mass is 16.6. The van der Waals surface area contributed by atoms with Crippen LogP contribution in [0.2, 0.25) is 0 Å². The Labute approximate surface area is 118 Å². The van der Waals surface area contributed by atoms with E-state index in [2.05, 4.69) is 34.5 Å². The fourth-order valence-electron chi connectivity index (χ4n) is 3.47. The van der Waals surface area contributed by atoms with Crippen LogP contribution in [0, 0.1) is 0 Å². The smallest absolute Gasteiger partial charge is 0.410 e. The van der Waals surface area contributed by atoms with Crippen molar-refractivity contribution < 1.29 is 9.53 Å². The van der Waals surface area contributed by atoms with Gasteiger partial charge in [0.15, 0.2) is 5.60 Å². The second-order valence-corrected chi connectivity index (χ2v) is 5.97. The van der Waals surface area contributed by atoms with Gasteiger partial charge in [0.25, 0.3) is 0 Å². The van der Waals surface area contributed by atoms with E-state index in [1.165, 1.54) is 5.56 Å². The zero-order chi connectivity index (χ0) is 13.6. The number of piperazine rings is 1. The van der Waals surface area contributed by atoms with E-state index in [1.54, 1.807) is 0 Å². The fraction of sp³-hybridized carbons (Fsp3) is 0.533. The van der Waals surface area contributed by atoms with Crippen LogP contribution >= 0.6 is 0 Å². The Hall–Kier alpha value is -1.59. The van der Waals surface area contributed by atoms with Crippen molar-refractivity contribution in [2.24, 2.45) is 0 Å². The van der Waals surface area contributed by atoms with Crippen molar-refractivity contribution in [3.05, 3.63) is 35.9 Å². The number of hydrogen-bond acceptors (Lipinski definition) is 4. The summed E-state index contributed by atoms with van der Waals surface area (Å²) in [7, 11) is 0. The zero-order valence-electron chi connectivity index (χ0n) is 11.4. The summed E-state index contributed by atoms with van der Waals surface area (Å²) in [5.41, 5.74) is 1.05. The van der Waals surface area contributed by atoms with Crippen molar-refractivity contribution in [3.63, 3.8) is 0 Å². The van der Waals surface area contributed by atoms with Gasteiger partial charge < -0.3 is 10.1 Å². The number of fused-ring (bicyclic) bond motifs is 2. The predicted octanol–water partition coefficient (Wildman–Crippen LogP) is 0.665. The van der Waals surface area contributed by atoms with Crippen LogP contribution in [0.25, 0.3) is 0 Å². The Bertz CT molecular complexity index is 515. The van der Waals surface area contributed by atoms with E-state index in [4.69, 9.17) is 4.74 Å². The molecule has 4 rings (SSSR count). The molecule has 5 nitrogen and oxygen atoms in total. The minimum absolute atomic E-state index is 0.129. The molecule has 3 saturated heterocycles. The van der Waals surface area contributed by atoms with Gasteiger partial charge >= 0.3 is 6.09 Å². The zero-order valence-corrected chi connectivity index (χ0v) is 11.4. The predicted molar refractivity (Wildman–Crippen MR) is 74.3 cm³/mol. The Balaban J connectivity index is 1.49. The molecule has 1 amide bonds. The normalized spacial score (nSPS) is 28.1. The van der Waals surface area contributed by atoms with Crippen LogP contribution in [0.15, 0.2) is 30.3 Å². The molecule has 1 spiro atoms. The number of benzene rings is 1. The molecule has 1 N–H and O–H groups in total. The summed E-state index contributed by atoms with van der Waals surface area (Å²) >= 11 is 0. The summed E-state index contributed by atoms with van der Waals surface area (Å²) < 4.78 is 5.63. The first-order valence-electron chi connectivity index (χ1n) is 7.23. The Kier molecular flexibility index (Phi) is 2.72. The average Bonchev–Trinajstić information content (AvgIpc) is 2.73. The number of carbonyl (C=O) groups is 1.